The van der Waals surface area contributed by atoms with Crippen LogP contribution < -0.4 is 10.2 Å². The van der Waals surface area contributed by atoms with Gasteiger partial charge in [-0.05, 0) is 30.7 Å². The van der Waals surface area contributed by atoms with E-state index in [0.29, 0.717) is 25.5 Å². The minimum Gasteiger partial charge on any atom is -0.369 e. The van der Waals surface area contributed by atoms with E-state index >= 15 is 0 Å². The number of hydrogen-bond acceptors (Lipinski definition) is 5. The number of nitrogens with zero attached hydrogens (tertiary/aromatic N) is 4. The molecule has 1 aliphatic rings. The number of benzene rings is 1. The molecule has 1 fully saturated rings. The van der Waals surface area contributed by atoms with Crippen molar-refractivity contribution in [3.05, 3.63) is 47.8 Å². The molecule has 24 heavy (non-hydrogen) atoms. The van der Waals surface area contributed by atoms with Crippen LogP contribution in [-0.2, 0) is 6.18 Å². The maximum atomic E-state index is 13.3. The molecule has 1 atom stereocenters. The lowest BCUT2D eigenvalue weighted by atomic mass is 10.1. The number of halogens is 3. The SMILES string of the molecule is N#Cc1ccc(N2CCC(Nc3ncccn3)C2)c(C(F)(F)F)c1. The van der Waals surface area contributed by atoms with Crippen molar-refractivity contribution in [2.75, 3.05) is 23.3 Å². The van der Waals surface area contributed by atoms with Crippen molar-refractivity contribution < 1.29 is 13.2 Å². The van der Waals surface area contributed by atoms with E-state index in [1.54, 1.807) is 29.4 Å². The summed E-state index contributed by atoms with van der Waals surface area (Å²) in [5, 5.41) is 12.0. The van der Waals surface area contributed by atoms with Crippen LogP contribution in [0.1, 0.15) is 17.5 Å². The molecule has 1 aromatic heterocycles. The monoisotopic (exact) mass is 333 g/mol. The molecule has 1 saturated heterocycles. The van der Waals surface area contributed by atoms with Crippen LogP contribution >= 0.6 is 0 Å². The highest BCUT2D eigenvalue weighted by Gasteiger charge is 2.36. The Balaban J connectivity index is 1.79. The Morgan fingerprint density at radius 1 is 1.25 bits per heavy atom. The number of aromatic nitrogens is 2. The Morgan fingerprint density at radius 2 is 2.00 bits per heavy atom. The van der Waals surface area contributed by atoms with Gasteiger partial charge in [-0.2, -0.15) is 18.4 Å². The molecule has 1 N–H and O–H groups in total. The molecule has 124 valence electrons. The largest absolute Gasteiger partial charge is 0.418 e. The van der Waals surface area contributed by atoms with E-state index in [0.717, 1.165) is 6.07 Å². The van der Waals surface area contributed by atoms with Crippen LogP contribution in [0, 0.1) is 11.3 Å². The van der Waals surface area contributed by atoms with Crippen LogP contribution in [0.4, 0.5) is 24.8 Å². The summed E-state index contributed by atoms with van der Waals surface area (Å²) in [6.45, 7) is 0.896. The second kappa shape index (κ2) is 6.35. The highest BCUT2D eigenvalue weighted by Crippen LogP contribution is 2.38. The molecule has 0 bridgehead atoms. The third kappa shape index (κ3) is 3.40. The molecule has 5 nitrogen and oxygen atoms in total. The smallest absolute Gasteiger partial charge is 0.369 e. The zero-order chi connectivity index (χ0) is 17.2. The number of rotatable bonds is 3. The predicted molar refractivity (Wildman–Crippen MR) is 82.4 cm³/mol. The lowest BCUT2D eigenvalue weighted by molar-refractivity contribution is -0.137. The highest BCUT2D eigenvalue weighted by atomic mass is 19.4. The van der Waals surface area contributed by atoms with Gasteiger partial charge >= 0.3 is 6.18 Å². The second-order valence-electron chi connectivity index (χ2n) is 5.49. The van der Waals surface area contributed by atoms with Gasteiger partial charge in [0.15, 0.2) is 0 Å². The fraction of sp³-hybridized carbons (Fsp3) is 0.312. The molecular weight excluding hydrogens is 319 g/mol. The van der Waals surface area contributed by atoms with Crippen molar-refractivity contribution in [1.29, 1.82) is 5.26 Å². The van der Waals surface area contributed by atoms with Crippen molar-refractivity contribution in [1.82, 2.24) is 9.97 Å². The van der Waals surface area contributed by atoms with Crippen molar-refractivity contribution in [3.8, 4) is 6.07 Å². The summed E-state index contributed by atoms with van der Waals surface area (Å²) in [5.74, 6) is 0.459. The topological polar surface area (TPSA) is 64.8 Å². The summed E-state index contributed by atoms with van der Waals surface area (Å²) in [4.78, 5) is 9.80. The Bertz CT molecular complexity index is 755. The van der Waals surface area contributed by atoms with Crippen molar-refractivity contribution in [3.63, 3.8) is 0 Å². The first-order chi connectivity index (χ1) is 11.5. The fourth-order valence-electron chi connectivity index (χ4n) is 2.76. The first-order valence-electron chi connectivity index (χ1n) is 7.37. The van der Waals surface area contributed by atoms with Crippen LogP contribution in [0.25, 0.3) is 0 Å². The molecule has 8 heteroatoms. The first kappa shape index (κ1) is 16.1. The van der Waals surface area contributed by atoms with Crippen molar-refractivity contribution in [2.45, 2.75) is 18.6 Å². The van der Waals surface area contributed by atoms with Crippen LogP contribution in [-0.4, -0.2) is 29.1 Å². The zero-order valence-corrected chi connectivity index (χ0v) is 12.6. The molecule has 0 aliphatic carbocycles. The van der Waals surface area contributed by atoms with E-state index < -0.39 is 11.7 Å². The molecule has 0 saturated carbocycles. The Morgan fingerprint density at radius 3 is 2.67 bits per heavy atom. The normalized spacial score (nSPS) is 17.6. The molecule has 1 unspecified atom stereocenters. The van der Waals surface area contributed by atoms with Gasteiger partial charge in [0.1, 0.15) is 0 Å². The first-order valence-corrected chi connectivity index (χ1v) is 7.37. The van der Waals surface area contributed by atoms with E-state index in [2.05, 4.69) is 15.3 Å². The Kier molecular flexibility index (Phi) is 4.25. The second-order valence-corrected chi connectivity index (χ2v) is 5.49. The van der Waals surface area contributed by atoms with E-state index in [1.807, 2.05) is 0 Å². The summed E-state index contributed by atoms with van der Waals surface area (Å²) >= 11 is 0. The van der Waals surface area contributed by atoms with Crippen molar-refractivity contribution >= 4 is 11.6 Å². The summed E-state index contributed by atoms with van der Waals surface area (Å²) in [6.07, 6.45) is -0.624. The van der Waals surface area contributed by atoms with Gasteiger partial charge in [-0.3, -0.25) is 0 Å². The summed E-state index contributed by atoms with van der Waals surface area (Å²) in [6, 6.07) is 7.08. The molecule has 0 radical (unpaired) electrons. The molecule has 0 spiro atoms. The molecule has 2 aromatic rings. The van der Waals surface area contributed by atoms with Crippen LogP contribution in [0.3, 0.4) is 0 Å². The van der Waals surface area contributed by atoms with Gasteiger partial charge in [0.05, 0.1) is 17.2 Å². The van der Waals surface area contributed by atoms with Gasteiger partial charge in [0.25, 0.3) is 0 Å². The third-order valence-electron chi connectivity index (χ3n) is 3.86. The summed E-state index contributed by atoms with van der Waals surface area (Å²) in [7, 11) is 0. The highest BCUT2D eigenvalue weighted by molar-refractivity contribution is 5.59. The summed E-state index contributed by atoms with van der Waals surface area (Å²) in [5.41, 5.74) is -0.685. The maximum Gasteiger partial charge on any atom is 0.418 e. The van der Waals surface area contributed by atoms with Crippen molar-refractivity contribution in [2.24, 2.45) is 0 Å². The standard InChI is InChI=1S/C16H14F3N5/c17-16(18,19)13-8-11(9-20)2-3-14(13)24-7-4-12(10-24)23-15-21-5-1-6-22-15/h1-3,5-6,8,12H,4,7,10H2,(H,21,22,23). The van der Waals surface area contributed by atoms with Gasteiger partial charge < -0.3 is 10.2 Å². The third-order valence-corrected chi connectivity index (χ3v) is 3.86. The number of nitriles is 1. The molecule has 3 rings (SSSR count). The van der Waals surface area contributed by atoms with Crippen LogP contribution in [0.15, 0.2) is 36.7 Å². The van der Waals surface area contributed by atoms with Crippen LogP contribution in [0.2, 0.25) is 0 Å². The quantitative estimate of drug-likeness (QED) is 0.935. The van der Waals surface area contributed by atoms with Gasteiger partial charge in [0, 0.05) is 37.2 Å². The van der Waals surface area contributed by atoms with Gasteiger partial charge in [-0.1, -0.05) is 0 Å². The Labute approximate surface area is 136 Å². The Hall–Kier alpha value is -2.82. The molecule has 0 amide bonds. The molecule has 1 aromatic carbocycles. The minimum absolute atomic E-state index is 0.00219. The van der Waals surface area contributed by atoms with Crippen LogP contribution in [0.5, 0.6) is 0 Å². The van der Waals surface area contributed by atoms with Gasteiger partial charge in [0.2, 0.25) is 5.95 Å². The number of anilines is 2. The lowest BCUT2D eigenvalue weighted by Gasteiger charge is -2.23. The molecule has 1 aliphatic heterocycles. The summed E-state index contributed by atoms with van der Waals surface area (Å²) < 4.78 is 39.9. The van der Waals surface area contributed by atoms with E-state index in [4.69, 9.17) is 5.26 Å². The average Bonchev–Trinajstić information content (AvgIpc) is 3.03. The lowest BCUT2D eigenvalue weighted by Crippen LogP contribution is -2.28. The number of nitrogens with one attached hydrogen (secondary N) is 1. The minimum atomic E-state index is -4.50. The van der Waals surface area contributed by atoms with Gasteiger partial charge in [-0.25, -0.2) is 9.97 Å². The molecular formula is C16H14F3N5. The zero-order valence-electron chi connectivity index (χ0n) is 12.6. The fourth-order valence-corrected chi connectivity index (χ4v) is 2.76. The average molecular weight is 333 g/mol. The molecule has 2 heterocycles. The van der Waals surface area contributed by atoms with Gasteiger partial charge in [-0.15, -0.1) is 0 Å². The van der Waals surface area contributed by atoms with E-state index in [9.17, 15) is 13.2 Å². The van der Waals surface area contributed by atoms with E-state index in [-0.39, 0.29) is 17.3 Å². The number of hydrogen-bond donors (Lipinski definition) is 1. The number of alkyl halides is 3. The van der Waals surface area contributed by atoms with E-state index in [1.165, 1.54) is 12.1 Å². The predicted octanol–water partition coefficient (Wildman–Crippen LogP) is 3.06. The maximum absolute atomic E-state index is 13.3.